The van der Waals surface area contributed by atoms with Gasteiger partial charge in [-0.3, -0.25) is 10.1 Å². The number of nitro benzene ring substituents is 1. The Labute approximate surface area is 116 Å². The quantitative estimate of drug-likeness (QED) is 0.394. The van der Waals surface area contributed by atoms with Crippen LogP contribution < -0.4 is 5.73 Å². The van der Waals surface area contributed by atoms with E-state index >= 15 is 0 Å². The van der Waals surface area contributed by atoms with E-state index in [1.165, 1.54) is 16.4 Å². The second-order valence-electron chi connectivity index (χ2n) is 4.66. The Hall–Kier alpha value is -1.93. The topological polar surface area (TPSA) is 107 Å². The van der Waals surface area contributed by atoms with Crippen molar-refractivity contribution in [3.63, 3.8) is 0 Å². The third-order valence-corrected chi connectivity index (χ3v) is 4.97. The number of benzene rings is 1. The summed E-state index contributed by atoms with van der Waals surface area (Å²) in [4.78, 5) is 10.0. The van der Waals surface area contributed by atoms with Crippen LogP contribution in [0.1, 0.15) is 13.3 Å². The predicted molar refractivity (Wildman–Crippen MR) is 74.6 cm³/mol. The summed E-state index contributed by atoms with van der Waals surface area (Å²) in [6.45, 7) is 2.53. The molecule has 108 valence electrons. The van der Waals surface area contributed by atoms with E-state index in [4.69, 9.17) is 5.73 Å². The molecule has 1 aliphatic heterocycles. The summed E-state index contributed by atoms with van der Waals surface area (Å²) in [5.74, 6) is 0. The van der Waals surface area contributed by atoms with Crippen LogP contribution in [0, 0.1) is 10.1 Å². The van der Waals surface area contributed by atoms with Gasteiger partial charge in [0.2, 0.25) is 10.0 Å². The number of rotatable bonds is 3. The zero-order chi connectivity index (χ0) is 14.9. The van der Waals surface area contributed by atoms with Gasteiger partial charge in [-0.2, -0.15) is 4.31 Å². The highest BCUT2D eigenvalue weighted by molar-refractivity contribution is 7.89. The van der Waals surface area contributed by atoms with Gasteiger partial charge in [-0.25, -0.2) is 8.42 Å². The molecular weight excluding hydrogens is 282 g/mol. The fraction of sp³-hybridized carbons (Fsp3) is 0.333. The molecule has 7 nitrogen and oxygen atoms in total. The van der Waals surface area contributed by atoms with Crippen LogP contribution in [0.4, 0.5) is 11.4 Å². The molecule has 0 unspecified atom stereocenters. The average Bonchev–Trinajstić information content (AvgIpc) is 2.38. The Bertz CT molecular complexity index is 682. The molecule has 1 aromatic carbocycles. The fourth-order valence-electron chi connectivity index (χ4n) is 2.07. The lowest BCUT2D eigenvalue weighted by Crippen LogP contribution is -2.35. The minimum atomic E-state index is -3.74. The molecule has 2 N–H and O–H groups in total. The van der Waals surface area contributed by atoms with Gasteiger partial charge in [0.15, 0.2) is 0 Å². The summed E-state index contributed by atoms with van der Waals surface area (Å²) < 4.78 is 26.2. The summed E-state index contributed by atoms with van der Waals surface area (Å²) in [6, 6.07) is 3.56. The molecule has 1 aliphatic rings. The second kappa shape index (κ2) is 5.22. The third-order valence-electron chi connectivity index (χ3n) is 3.13. The number of nitrogens with two attached hydrogens (primary N) is 1. The molecular formula is C12H15N3O4S. The lowest BCUT2D eigenvalue weighted by molar-refractivity contribution is -0.384. The number of nitro groups is 1. The van der Waals surface area contributed by atoms with Gasteiger partial charge in [0.1, 0.15) is 5.69 Å². The van der Waals surface area contributed by atoms with Crippen molar-refractivity contribution in [1.29, 1.82) is 0 Å². The molecule has 8 heteroatoms. The molecule has 0 bridgehead atoms. The maximum absolute atomic E-state index is 12.5. The number of nitrogen functional groups attached to an aromatic ring is 1. The van der Waals surface area contributed by atoms with Crippen molar-refractivity contribution in [3.8, 4) is 0 Å². The predicted octanol–water partition coefficient (Wildman–Crippen LogP) is 1.52. The monoisotopic (exact) mass is 297 g/mol. The van der Waals surface area contributed by atoms with Gasteiger partial charge in [-0.1, -0.05) is 11.6 Å². The van der Waals surface area contributed by atoms with Crippen molar-refractivity contribution in [2.45, 2.75) is 18.2 Å². The van der Waals surface area contributed by atoms with E-state index in [0.717, 1.165) is 11.6 Å². The summed E-state index contributed by atoms with van der Waals surface area (Å²) in [6.07, 6.45) is 2.62. The highest BCUT2D eigenvalue weighted by atomic mass is 32.2. The third kappa shape index (κ3) is 2.66. The summed E-state index contributed by atoms with van der Waals surface area (Å²) in [5, 5.41) is 10.8. The zero-order valence-corrected chi connectivity index (χ0v) is 11.8. The molecule has 0 amide bonds. The summed E-state index contributed by atoms with van der Waals surface area (Å²) in [7, 11) is -3.74. The Morgan fingerprint density at radius 1 is 1.40 bits per heavy atom. The van der Waals surface area contributed by atoms with E-state index in [0.29, 0.717) is 19.5 Å². The van der Waals surface area contributed by atoms with Crippen molar-refractivity contribution < 1.29 is 13.3 Å². The van der Waals surface area contributed by atoms with Gasteiger partial charge in [-0.05, 0) is 25.5 Å². The maximum atomic E-state index is 12.5. The van der Waals surface area contributed by atoms with Crippen LogP contribution >= 0.6 is 0 Å². The molecule has 2 rings (SSSR count). The molecule has 0 saturated heterocycles. The van der Waals surface area contributed by atoms with E-state index < -0.39 is 20.6 Å². The van der Waals surface area contributed by atoms with Gasteiger partial charge >= 0.3 is 0 Å². The molecule has 0 atom stereocenters. The molecule has 20 heavy (non-hydrogen) atoms. The Morgan fingerprint density at radius 2 is 2.10 bits per heavy atom. The van der Waals surface area contributed by atoms with Crippen LogP contribution in [0.2, 0.25) is 0 Å². The number of hydrogen-bond acceptors (Lipinski definition) is 5. The van der Waals surface area contributed by atoms with Gasteiger partial charge < -0.3 is 5.73 Å². The van der Waals surface area contributed by atoms with Crippen molar-refractivity contribution in [2.75, 3.05) is 18.8 Å². The van der Waals surface area contributed by atoms with Crippen molar-refractivity contribution in [3.05, 3.63) is 40.0 Å². The lowest BCUT2D eigenvalue weighted by atomic mass is 10.2. The van der Waals surface area contributed by atoms with Gasteiger partial charge in [0.25, 0.3) is 5.69 Å². The molecule has 0 saturated carbocycles. The lowest BCUT2D eigenvalue weighted by Gasteiger charge is -2.25. The first-order valence-corrected chi connectivity index (χ1v) is 7.46. The molecule has 0 radical (unpaired) electrons. The van der Waals surface area contributed by atoms with Gasteiger partial charge in [0, 0.05) is 19.2 Å². The van der Waals surface area contributed by atoms with Crippen LogP contribution in [0.3, 0.4) is 0 Å². The highest BCUT2D eigenvalue weighted by Crippen LogP contribution is 2.27. The van der Waals surface area contributed by atoms with Crippen LogP contribution in [0.25, 0.3) is 0 Å². The van der Waals surface area contributed by atoms with E-state index in [1.807, 2.05) is 13.0 Å². The van der Waals surface area contributed by atoms with E-state index in [2.05, 4.69) is 0 Å². The van der Waals surface area contributed by atoms with Crippen LogP contribution in [0.15, 0.2) is 34.7 Å². The van der Waals surface area contributed by atoms with Crippen LogP contribution in [-0.4, -0.2) is 30.7 Å². The number of nitrogens with zero attached hydrogens (tertiary/aromatic N) is 2. The van der Waals surface area contributed by atoms with E-state index in [9.17, 15) is 18.5 Å². The minimum Gasteiger partial charge on any atom is -0.393 e. The molecule has 0 spiro atoms. The van der Waals surface area contributed by atoms with E-state index in [1.54, 1.807) is 0 Å². The average molecular weight is 297 g/mol. The Balaban J connectivity index is 2.42. The number of hydrogen-bond donors (Lipinski definition) is 1. The fourth-order valence-corrected chi connectivity index (χ4v) is 3.59. The highest BCUT2D eigenvalue weighted by Gasteiger charge is 2.28. The van der Waals surface area contributed by atoms with Gasteiger partial charge in [-0.15, -0.1) is 0 Å². The molecule has 1 heterocycles. The minimum absolute atomic E-state index is 0.0522. The first-order chi connectivity index (χ1) is 9.32. The first-order valence-electron chi connectivity index (χ1n) is 6.02. The Kier molecular flexibility index (Phi) is 3.78. The van der Waals surface area contributed by atoms with E-state index in [-0.39, 0.29) is 10.6 Å². The number of anilines is 1. The van der Waals surface area contributed by atoms with Gasteiger partial charge in [0.05, 0.1) is 9.82 Å². The maximum Gasteiger partial charge on any atom is 0.293 e. The normalized spacial score (nSPS) is 16.8. The second-order valence-corrected chi connectivity index (χ2v) is 6.59. The molecule has 0 aliphatic carbocycles. The van der Waals surface area contributed by atoms with Crippen molar-refractivity contribution in [1.82, 2.24) is 4.31 Å². The Morgan fingerprint density at radius 3 is 2.70 bits per heavy atom. The summed E-state index contributed by atoms with van der Waals surface area (Å²) >= 11 is 0. The van der Waals surface area contributed by atoms with Crippen LogP contribution in [0.5, 0.6) is 0 Å². The molecule has 0 fully saturated rings. The largest absolute Gasteiger partial charge is 0.393 e. The standard InChI is InChI=1S/C12H15N3O4S/c1-9-3-2-6-14(8-9)20(18,19)10-4-5-11(13)12(7-10)15(16)17/h3-5,7H,2,6,8,13H2,1H3. The molecule has 1 aromatic rings. The van der Waals surface area contributed by atoms with Crippen LogP contribution in [-0.2, 0) is 10.0 Å². The number of sulfonamides is 1. The molecule has 0 aromatic heterocycles. The first kappa shape index (κ1) is 14.5. The zero-order valence-electron chi connectivity index (χ0n) is 10.9. The van der Waals surface area contributed by atoms with Crippen molar-refractivity contribution in [2.24, 2.45) is 0 Å². The van der Waals surface area contributed by atoms with Crippen molar-refractivity contribution >= 4 is 21.4 Å². The summed E-state index contributed by atoms with van der Waals surface area (Å²) in [5.41, 5.74) is 5.99. The SMILES string of the molecule is CC1=CCCN(S(=O)(=O)c2ccc(N)c([N+](=O)[O-])c2)C1. The smallest absolute Gasteiger partial charge is 0.293 e.